The number of hydrogen-bond acceptors (Lipinski definition) is 4. The topological polar surface area (TPSA) is 98.3 Å². The summed E-state index contributed by atoms with van der Waals surface area (Å²) in [5.74, 6) is 0.852. The number of rotatable bonds is 5. The molecule has 4 atom stereocenters. The minimum Gasteiger partial charge on any atom is -0.355 e. The fourth-order valence-electron chi connectivity index (χ4n) is 4.06. The van der Waals surface area contributed by atoms with Crippen molar-refractivity contribution in [2.45, 2.75) is 31.7 Å². The van der Waals surface area contributed by atoms with E-state index in [1.54, 1.807) is 18.2 Å². The van der Waals surface area contributed by atoms with Gasteiger partial charge in [-0.05, 0) is 37.5 Å². The van der Waals surface area contributed by atoms with Crippen LogP contribution in [0, 0.1) is 27.9 Å². The SMILES string of the molecule is Cl.NC1C2CCC(C2)C1C(=O)NCCc1ccccc1[N+](=O)[O-]. The lowest BCUT2D eigenvalue weighted by Gasteiger charge is -2.27. The Labute approximate surface area is 141 Å². The molecule has 0 aliphatic heterocycles. The molecule has 0 radical (unpaired) electrons. The van der Waals surface area contributed by atoms with Gasteiger partial charge in [-0.25, -0.2) is 0 Å². The van der Waals surface area contributed by atoms with E-state index in [-0.39, 0.29) is 40.9 Å². The van der Waals surface area contributed by atoms with E-state index in [1.807, 2.05) is 0 Å². The van der Waals surface area contributed by atoms with Gasteiger partial charge in [0.05, 0.1) is 10.8 Å². The molecule has 0 spiro atoms. The van der Waals surface area contributed by atoms with Crippen molar-refractivity contribution in [3.05, 3.63) is 39.9 Å². The van der Waals surface area contributed by atoms with E-state index in [2.05, 4.69) is 5.32 Å². The lowest BCUT2D eigenvalue weighted by Crippen LogP contribution is -2.45. The van der Waals surface area contributed by atoms with Gasteiger partial charge in [-0.1, -0.05) is 18.2 Å². The minimum atomic E-state index is -0.386. The van der Waals surface area contributed by atoms with E-state index >= 15 is 0 Å². The highest BCUT2D eigenvalue weighted by molar-refractivity contribution is 5.85. The van der Waals surface area contributed by atoms with Crippen molar-refractivity contribution < 1.29 is 9.72 Å². The molecule has 2 saturated carbocycles. The second kappa shape index (κ2) is 7.27. The van der Waals surface area contributed by atoms with Crippen molar-refractivity contribution >= 4 is 24.0 Å². The molecule has 6 nitrogen and oxygen atoms in total. The zero-order valence-electron chi connectivity index (χ0n) is 12.8. The van der Waals surface area contributed by atoms with Gasteiger partial charge >= 0.3 is 0 Å². The van der Waals surface area contributed by atoms with Gasteiger partial charge in [0.1, 0.15) is 0 Å². The zero-order chi connectivity index (χ0) is 15.7. The van der Waals surface area contributed by atoms with Crippen LogP contribution in [0.15, 0.2) is 24.3 Å². The van der Waals surface area contributed by atoms with Crippen LogP contribution in [-0.2, 0) is 11.2 Å². The number of benzene rings is 1. The maximum atomic E-state index is 12.3. The second-order valence-electron chi connectivity index (χ2n) is 6.36. The number of fused-ring (bicyclic) bond motifs is 2. The number of nitrogens with zero attached hydrogens (tertiary/aromatic N) is 1. The van der Waals surface area contributed by atoms with Crippen LogP contribution < -0.4 is 11.1 Å². The second-order valence-corrected chi connectivity index (χ2v) is 6.36. The van der Waals surface area contributed by atoms with Crippen LogP contribution in [0.5, 0.6) is 0 Å². The highest BCUT2D eigenvalue weighted by atomic mass is 35.5. The molecule has 7 heteroatoms. The van der Waals surface area contributed by atoms with Crippen molar-refractivity contribution in [2.24, 2.45) is 23.5 Å². The number of carbonyl (C=O) groups is 1. The quantitative estimate of drug-likeness (QED) is 0.633. The Bertz CT molecular complexity index is 594. The molecular weight excluding hydrogens is 318 g/mol. The summed E-state index contributed by atoms with van der Waals surface area (Å²) in [5, 5.41) is 13.9. The van der Waals surface area contributed by atoms with Gasteiger partial charge in [-0.15, -0.1) is 12.4 Å². The molecule has 23 heavy (non-hydrogen) atoms. The van der Waals surface area contributed by atoms with Crippen LogP contribution >= 0.6 is 12.4 Å². The summed E-state index contributed by atoms with van der Waals surface area (Å²) >= 11 is 0. The third-order valence-corrected chi connectivity index (χ3v) is 5.17. The molecule has 2 aliphatic carbocycles. The number of halogens is 1. The summed E-state index contributed by atoms with van der Waals surface area (Å²) in [4.78, 5) is 22.9. The first-order valence-electron chi connectivity index (χ1n) is 7.83. The van der Waals surface area contributed by atoms with E-state index in [0.29, 0.717) is 30.4 Å². The monoisotopic (exact) mass is 339 g/mol. The van der Waals surface area contributed by atoms with Crippen LogP contribution in [0.25, 0.3) is 0 Å². The van der Waals surface area contributed by atoms with Crippen molar-refractivity contribution in [1.82, 2.24) is 5.32 Å². The van der Waals surface area contributed by atoms with Crippen molar-refractivity contribution in [1.29, 1.82) is 0 Å². The molecule has 4 unspecified atom stereocenters. The van der Waals surface area contributed by atoms with Gasteiger partial charge < -0.3 is 11.1 Å². The highest BCUT2D eigenvalue weighted by Gasteiger charge is 2.48. The maximum Gasteiger partial charge on any atom is 0.272 e. The van der Waals surface area contributed by atoms with Crippen LogP contribution in [-0.4, -0.2) is 23.4 Å². The van der Waals surface area contributed by atoms with E-state index in [0.717, 1.165) is 19.3 Å². The Kier molecular flexibility index (Phi) is 5.59. The molecule has 126 valence electrons. The first-order chi connectivity index (χ1) is 10.6. The normalized spacial score (nSPS) is 28.2. The number of nitrogens with one attached hydrogen (secondary N) is 1. The molecule has 3 rings (SSSR count). The maximum absolute atomic E-state index is 12.3. The molecule has 2 bridgehead atoms. The summed E-state index contributed by atoms with van der Waals surface area (Å²) < 4.78 is 0. The third kappa shape index (κ3) is 3.48. The molecule has 0 saturated heterocycles. The highest BCUT2D eigenvalue weighted by Crippen LogP contribution is 2.47. The first-order valence-corrected chi connectivity index (χ1v) is 7.83. The van der Waals surface area contributed by atoms with E-state index in [9.17, 15) is 14.9 Å². The third-order valence-electron chi connectivity index (χ3n) is 5.17. The Morgan fingerprint density at radius 3 is 2.65 bits per heavy atom. The van der Waals surface area contributed by atoms with Gasteiger partial charge in [0.25, 0.3) is 5.69 Å². The predicted molar refractivity (Wildman–Crippen MR) is 89.4 cm³/mol. The molecule has 3 N–H and O–H groups in total. The summed E-state index contributed by atoms with van der Waals surface area (Å²) in [7, 11) is 0. The number of nitro benzene ring substituents is 1. The number of carbonyl (C=O) groups excluding carboxylic acids is 1. The number of nitro groups is 1. The van der Waals surface area contributed by atoms with Crippen molar-refractivity contribution in [3.63, 3.8) is 0 Å². The molecule has 2 aliphatic rings. The Balaban J connectivity index is 0.00000192. The smallest absolute Gasteiger partial charge is 0.272 e. The number of amides is 1. The molecule has 1 aromatic carbocycles. The van der Waals surface area contributed by atoms with E-state index in [4.69, 9.17) is 5.73 Å². The predicted octanol–water partition coefficient (Wildman–Crippen LogP) is 2.05. The van der Waals surface area contributed by atoms with Crippen molar-refractivity contribution in [3.8, 4) is 0 Å². The zero-order valence-corrected chi connectivity index (χ0v) is 13.6. The van der Waals surface area contributed by atoms with Crippen LogP contribution in [0.3, 0.4) is 0 Å². The number of para-hydroxylation sites is 1. The number of hydrogen-bond donors (Lipinski definition) is 2. The average Bonchev–Trinajstić information content (AvgIpc) is 3.08. The summed E-state index contributed by atoms with van der Waals surface area (Å²) in [6, 6.07) is 6.62. The Morgan fingerprint density at radius 2 is 2.00 bits per heavy atom. The summed E-state index contributed by atoms with van der Waals surface area (Å²) in [6.07, 6.45) is 3.77. The fraction of sp³-hybridized carbons (Fsp3) is 0.562. The van der Waals surface area contributed by atoms with Gasteiger partial charge in [0.15, 0.2) is 0 Å². The molecule has 1 amide bonds. The summed E-state index contributed by atoms with van der Waals surface area (Å²) in [5.41, 5.74) is 6.91. The van der Waals surface area contributed by atoms with Gasteiger partial charge in [-0.2, -0.15) is 0 Å². The van der Waals surface area contributed by atoms with Gasteiger partial charge in [0.2, 0.25) is 5.91 Å². The van der Waals surface area contributed by atoms with Gasteiger partial charge in [0, 0.05) is 24.2 Å². The lowest BCUT2D eigenvalue weighted by atomic mass is 9.84. The average molecular weight is 340 g/mol. The Hall–Kier alpha value is -1.66. The molecule has 0 heterocycles. The summed E-state index contributed by atoms with van der Waals surface area (Å²) in [6.45, 7) is 0.407. The minimum absolute atomic E-state index is 0. The largest absolute Gasteiger partial charge is 0.355 e. The first kappa shape index (κ1) is 17.7. The molecule has 2 fully saturated rings. The molecular formula is C16H22ClN3O3. The lowest BCUT2D eigenvalue weighted by molar-refractivity contribution is -0.385. The van der Waals surface area contributed by atoms with Crippen LogP contribution in [0.1, 0.15) is 24.8 Å². The van der Waals surface area contributed by atoms with E-state index < -0.39 is 0 Å². The Morgan fingerprint density at radius 1 is 1.30 bits per heavy atom. The number of nitrogens with two attached hydrogens (primary N) is 1. The fourth-order valence-corrected chi connectivity index (χ4v) is 4.06. The van der Waals surface area contributed by atoms with Gasteiger partial charge in [-0.3, -0.25) is 14.9 Å². The van der Waals surface area contributed by atoms with Crippen molar-refractivity contribution in [2.75, 3.05) is 6.54 Å². The standard InChI is InChI=1S/C16H21N3O3.ClH/c17-15-12-6-5-11(9-12)14(15)16(20)18-8-7-10-3-1-2-4-13(10)19(21)22;/h1-4,11-12,14-15H,5-9,17H2,(H,18,20);1H. The molecule has 1 aromatic rings. The van der Waals surface area contributed by atoms with E-state index in [1.165, 1.54) is 6.07 Å². The van der Waals surface area contributed by atoms with Crippen LogP contribution in [0.4, 0.5) is 5.69 Å². The molecule has 0 aromatic heterocycles. The van der Waals surface area contributed by atoms with Crippen LogP contribution in [0.2, 0.25) is 0 Å².